The Balaban J connectivity index is 1.38. The summed E-state index contributed by atoms with van der Waals surface area (Å²) in [5.41, 5.74) is 4.89. The van der Waals surface area contributed by atoms with Gasteiger partial charge in [0.25, 0.3) is 0 Å². The molecule has 0 aliphatic carbocycles. The number of benzene rings is 2. The number of hydrogen-bond donors (Lipinski definition) is 0. The lowest BCUT2D eigenvalue weighted by molar-refractivity contribution is 0.0394. The first-order valence-electron chi connectivity index (χ1n) is 10.4. The molecule has 4 rings (SSSR count). The van der Waals surface area contributed by atoms with Crippen LogP contribution in [-0.4, -0.2) is 38.6 Å². The topological polar surface area (TPSA) is 43.5 Å². The summed E-state index contributed by atoms with van der Waals surface area (Å²) in [7, 11) is 0. The van der Waals surface area contributed by atoms with E-state index in [4.69, 9.17) is 18.9 Å². The van der Waals surface area contributed by atoms with Crippen molar-refractivity contribution in [3.63, 3.8) is 0 Å². The molecule has 28 heavy (non-hydrogen) atoms. The van der Waals surface area contributed by atoms with Gasteiger partial charge in [0.05, 0.1) is 38.6 Å². The van der Waals surface area contributed by atoms with Crippen LogP contribution in [0.5, 0.6) is 0 Å². The second kappa shape index (κ2) is 9.19. The van der Waals surface area contributed by atoms with Crippen molar-refractivity contribution in [3.05, 3.63) is 59.7 Å². The molecule has 2 saturated heterocycles. The highest BCUT2D eigenvalue weighted by atomic mass is 16.6. The zero-order chi connectivity index (χ0) is 19.3. The number of epoxide rings is 2. The van der Waals surface area contributed by atoms with Crippen LogP contribution in [0.1, 0.15) is 50.0 Å². The lowest BCUT2D eigenvalue weighted by atomic mass is 9.98. The molecule has 4 unspecified atom stereocenters. The first-order valence-corrected chi connectivity index (χ1v) is 10.4. The Bertz CT molecular complexity index is 667. The van der Waals surface area contributed by atoms with Gasteiger partial charge in [0.1, 0.15) is 12.2 Å². The van der Waals surface area contributed by atoms with Gasteiger partial charge in [-0.3, -0.25) is 0 Å². The number of ether oxygens (including phenoxy) is 4. The molecule has 0 radical (unpaired) electrons. The molecule has 2 fully saturated rings. The molecule has 4 heteroatoms. The summed E-state index contributed by atoms with van der Waals surface area (Å²) in [5.74, 6) is 0. The smallest absolute Gasteiger partial charge is 0.104 e. The Morgan fingerprint density at radius 2 is 1.07 bits per heavy atom. The molecule has 2 aliphatic rings. The first kappa shape index (κ1) is 19.6. The van der Waals surface area contributed by atoms with Gasteiger partial charge in [0.2, 0.25) is 0 Å². The highest BCUT2D eigenvalue weighted by Gasteiger charge is 2.25. The van der Waals surface area contributed by atoms with Crippen molar-refractivity contribution < 1.29 is 18.9 Å². The van der Waals surface area contributed by atoms with Crippen LogP contribution >= 0.6 is 0 Å². The van der Waals surface area contributed by atoms with E-state index >= 15 is 0 Å². The second-order valence-electron chi connectivity index (χ2n) is 7.62. The molecule has 0 spiro atoms. The van der Waals surface area contributed by atoms with Crippen molar-refractivity contribution in [1.29, 1.82) is 0 Å². The van der Waals surface area contributed by atoms with Crippen molar-refractivity contribution in [3.8, 4) is 11.1 Å². The summed E-state index contributed by atoms with van der Waals surface area (Å²) in [6.07, 6.45) is 2.81. The molecule has 2 aromatic rings. The monoisotopic (exact) mass is 382 g/mol. The normalized spacial score (nSPS) is 22.6. The standard InChI is InChI=1S/C24H30O4/c1-3-23(27-15-21-13-25-21)19-9-5-17(6-10-19)18-7-11-20(12-8-18)24(4-2)28-16-22-14-26-22/h5-12,21-24H,3-4,13-16H2,1-2H3. The van der Waals surface area contributed by atoms with E-state index in [0.29, 0.717) is 25.4 Å². The van der Waals surface area contributed by atoms with Crippen molar-refractivity contribution in [2.75, 3.05) is 26.4 Å². The maximum atomic E-state index is 6.00. The molecular weight excluding hydrogens is 352 g/mol. The zero-order valence-electron chi connectivity index (χ0n) is 16.8. The largest absolute Gasteiger partial charge is 0.371 e. The summed E-state index contributed by atoms with van der Waals surface area (Å²) in [6, 6.07) is 17.4. The van der Waals surface area contributed by atoms with Crippen LogP contribution in [0.3, 0.4) is 0 Å². The van der Waals surface area contributed by atoms with Crippen molar-refractivity contribution in [2.45, 2.75) is 51.1 Å². The van der Waals surface area contributed by atoms with E-state index in [1.165, 1.54) is 22.3 Å². The van der Waals surface area contributed by atoms with Gasteiger partial charge in [-0.1, -0.05) is 62.4 Å². The Morgan fingerprint density at radius 3 is 1.36 bits per heavy atom. The summed E-state index contributed by atoms with van der Waals surface area (Å²) in [6.45, 7) is 7.37. The molecule has 0 N–H and O–H groups in total. The summed E-state index contributed by atoms with van der Waals surface area (Å²) in [4.78, 5) is 0. The Kier molecular flexibility index (Phi) is 6.43. The van der Waals surface area contributed by atoms with E-state index in [2.05, 4.69) is 62.4 Å². The van der Waals surface area contributed by atoms with Gasteiger partial charge in [-0.15, -0.1) is 0 Å². The third kappa shape index (κ3) is 5.21. The Labute approximate surface area is 167 Å². The minimum Gasteiger partial charge on any atom is -0.371 e. The summed E-state index contributed by atoms with van der Waals surface area (Å²) < 4.78 is 22.5. The predicted octanol–water partition coefficient (Wildman–Crippen LogP) is 5.09. The van der Waals surface area contributed by atoms with E-state index in [0.717, 1.165) is 26.1 Å². The predicted molar refractivity (Wildman–Crippen MR) is 109 cm³/mol. The SMILES string of the molecule is CCC(OCC1CO1)c1ccc(-c2ccc(C(CC)OCC3CO3)cc2)cc1. The lowest BCUT2D eigenvalue weighted by Gasteiger charge is -2.17. The Morgan fingerprint density at radius 1 is 0.714 bits per heavy atom. The quantitative estimate of drug-likeness (QED) is 0.508. The summed E-state index contributed by atoms with van der Waals surface area (Å²) in [5, 5.41) is 0. The molecular formula is C24H30O4. The van der Waals surface area contributed by atoms with E-state index in [1.807, 2.05) is 0 Å². The third-order valence-corrected chi connectivity index (χ3v) is 5.41. The van der Waals surface area contributed by atoms with Crippen LogP contribution in [0.2, 0.25) is 0 Å². The lowest BCUT2D eigenvalue weighted by Crippen LogP contribution is -2.08. The minimum absolute atomic E-state index is 0.138. The van der Waals surface area contributed by atoms with Crippen molar-refractivity contribution >= 4 is 0 Å². The molecule has 2 aliphatic heterocycles. The highest BCUT2D eigenvalue weighted by molar-refractivity contribution is 5.64. The van der Waals surface area contributed by atoms with E-state index in [1.54, 1.807) is 0 Å². The van der Waals surface area contributed by atoms with E-state index < -0.39 is 0 Å². The summed E-state index contributed by atoms with van der Waals surface area (Å²) >= 11 is 0. The maximum Gasteiger partial charge on any atom is 0.104 e. The van der Waals surface area contributed by atoms with Gasteiger partial charge in [-0.05, 0) is 35.1 Å². The molecule has 0 aromatic heterocycles. The van der Waals surface area contributed by atoms with Crippen LogP contribution in [-0.2, 0) is 18.9 Å². The van der Waals surface area contributed by atoms with Crippen LogP contribution < -0.4 is 0 Å². The number of hydrogen-bond acceptors (Lipinski definition) is 4. The van der Waals surface area contributed by atoms with Gasteiger partial charge in [-0.2, -0.15) is 0 Å². The molecule has 150 valence electrons. The molecule has 0 amide bonds. The molecule has 2 heterocycles. The molecule has 4 nitrogen and oxygen atoms in total. The minimum atomic E-state index is 0.138. The Hall–Kier alpha value is -1.72. The molecule has 0 saturated carbocycles. The van der Waals surface area contributed by atoms with Gasteiger partial charge >= 0.3 is 0 Å². The average molecular weight is 383 g/mol. The van der Waals surface area contributed by atoms with E-state index in [9.17, 15) is 0 Å². The maximum absolute atomic E-state index is 6.00. The molecule has 4 atom stereocenters. The van der Waals surface area contributed by atoms with Crippen LogP contribution in [0.25, 0.3) is 11.1 Å². The molecule has 0 bridgehead atoms. The van der Waals surface area contributed by atoms with Gasteiger partial charge < -0.3 is 18.9 Å². The van der Waals surface area contributed by atoms with Crippen molar-refractivity contribution in [1.82, 2.24) is 0 Å². The van der Waals surface area contributed by atoms with Crippen LogP contribution in [0.15, 0.2) is 48.5 Å². The van der Waals surface area contributed by atoms with E-state index in [-0.39, 0.29) is 12.2 Å². The van der Waals surface area contributed by atoms with Crippen LogP contribution in [0.4, 0.5) is 0 Å². The van der Waals surface area contributed by atoms with Gasteiger partial charge in [0, 0.05) is 0 Å². The molecule has 2 aromatic carbocycles. The number of rotatable bonds is 11. The third-order valence-electron chi connectivity index (χ3n) is 5.41. The van der Waals surface area contributed by atoms with Gasteiger partial charge in [0.15, 0.2) is 0 Å². The zero-order valence-corrected chi connectivity index (χ0v) is 16.8. The van der Waals surface area contributed by atoms with Gasteiger partial charge in [-0.25, -0.2) is 0 Å². The van der Waals surface area contributed by atoms with Crippen molar-refractivity contribution in [2.24, 2.45) is 0 Å². The van der Waals surface area contributed by atoms with Crippen LogP contribution in [0, 0.1) is 0 Å². The highest BCUT2D eigenvalue weighted by Crippen LogP contribution is 2.29. The first-order chi connectivity index (χ1) is 13.8. The average Bonchev–Trinajstić information content (AvgIpc) is 3.65. The fourth-order valence-corrected chi connectivity index (χ4v) is 3.46. The second-order valence-corrected chi connectivity index (χ2v) is 7.62. The fourth-order valence-electron chi connectivity index (χ4n) is 3.46. The fraction of sp³-hybridized carbons (Fsp3) is 0.500.